The molecule has 0 aliphatic heterocycles. The molecule has 4 heteroatoms. The second-order valence-electron chi connectivity index (χ2n) is 4.64. The van der Waals surface area contributed by atoms with Crippen molar-refractivity contribution >= 4 is 35.1 Å². The van der Waals surface area contributed by atoms with Crippen LogP contribution in [0.5, 0.6) is 0 Å². The van der Waals surface area contributed by atoms with Crippen LogP contribution in [-0.2, 0) is 10.5 Å². The molecule has 0 radical (unpaired) electrons. The number of aliphatic carboxylic acids is 1. The van der Waals surface area contributed by atoms with Crippen molar-refractivity contribution in [3.8, 4) is 0 Å². The van der Waals surface area contributed by atoms with Crippen LogP contribution in [0.25, 0.3) is 6.08 Å². The maximum absolute atomic E-state index is 10.4. The van der Waals surface area contributed by atoms with Crippen molar-refractivity contribution in [2.45, 2.75) is 31.4 Å². The number of hydrogen-bond acceptors (Lipinski definition) is 3. The minimum absolute atomic E-state index is 0.888. The molecule has 2 nitrogen and oxygen atoms in total. The Bertz CT molecular complexity index is 417. The highest BCUT2D eigenvalue weighted by molar-refractivity contribution is 7.98. The fraction of sp³-hybridized carbons (Fsp3) is 0.500. The molecular weight excluding hydrogens is 264 g/mol. The van der Waals surface area contributed by atoms with Crippen LogP contribution < -0.4 is 0 Å². The molecular formula is C14H18O2S2. The summed E-state index contributed by atoms with van der Waals surface area (Å²) in [5.41, 5.74) is 0. The molecule has 0 unspecified atom stereocenters. The van der Waals surface area contributed by atoms with E-state index in [-0.39, 0.29) is 0 Å². The van der Waals surface area contributed by atoms with E-state index in [1.165, 1.54) is 42.4 Å². The molecule has 0 bridgehead atoms. The third kappa shape index (κ3) is 4.50. The average Bonchev–Trinajstić information content (AvgIpc) is 2.97. The highest BCUT2D eigenvalue weighted by atomic mass is 32.2. The van der Waals surface area contributed by atoms with E-state index in [9.17, 15) is 4.79 Å². The molecule has 1 aliphatic carbocycles. The monoisotopic (exact) mass is 282 g/mol. The zero-order chi connectivity index (χ0) is 12.8. The first-order valence-electron chi connectivity index (χ1n) is 6.31. The summed E-state index contributed by atoms with van der Waals surface area (Å²) in [5.74, 6) is 2.38. The van der Waals surface area contributed by atoms with Crippen molar-refractivity contribution in [2.24, 2.45) is 5.92 Å². The van der Waals surface area contributed by atoms with Gasteiger partial charge in [-0.15, -0.1) is 11.3 Å². The third-order valence-corrected chi connectivity index (χ3v) is 5.60. The van der Waals surface area contributed by atoms with Crippen molar-refractivity contribution in [1.29, 1.82) is 0 Å². The molecule has 1 aromatic heterocycles. The molecule has 0 aromatic carbocycles. The van der Waals surface area contributed by atoms with Gasteiger partial charge in [-0.25, -0.2) is 4.79 Å². The standard InChI is InChI=1S/C14H18O2S2/c15-14(16)8-7-12-5-6-13(18-12)10-17-9-11-3-1-2-4-11/h5-8,11H,1-4,9-10H2,(H,15,16)/b8-7+. The van der Waals surface area contributed by atoms with E-state index in [0.717, 1.165) is 16.5 Å². The Kier molecular flexibility index (Phi) is 5.32. The fourth-order valence-corrected chi connectivity index (χ4v) is 4.50. The topological polar surface area (TPSA) is 37.3 Å². The van der Waals surface area contributed by atoms with Gasteiger partial charge >= 0.3 is 5.97 Å². The quantitative estimate of drug-likeness (QED) is 0.792. The summed E-state index contributed by atoms with van der Waals surface area (Å²) in [5, 5.41) is 8.56. The first kappa shape index (κ1) is 13.7. The Hall–Kier alpha value is -0.740. The molecule has 0 atom stereocenters. The Morgan fingerprint density at radius 2 is 2.22 bits per heavy atom. The highest BCUT2D eigenvalue weighted by Crippen LogP contribution is 2.30. The SMILES string of the molecule is O=C(O)/C=C/c1ccc(CSCC2CCCC2)s1. The summed E-state index contributed by atoms with van der Waals surface area (Å²) in [6.45, 7) is 0. The van der Waals surface area contributed by atoms with Crippen LogP contribution in [0.4, 0.5) is 0 Å². The molecule has 1 heterocycles. The molecule has 0 spiro atoms. The molecule has 0 amide bonds. The Morgan fingerprint density at radius 1 is 1.44 bits per heavy atom. The molecule has 18 heavy (non-hydrogen) atoms. The lowest BCUT2D eigenvalue weighted by molar-refractivity contribution is -0.131. The first-order valence-corrected chi connectivity index (χ1v) is 8.28. The molecule has 0 saturated heterocycles. The van der Waals surface area contributed by atoms with E-state index in [2.05, 4.69) is 6.07 Å². The molecule has 98 valence electrons. The number of thiophene rings is 1. The molecule has 1 N–H and O–H groups in total. The van der Waals surface area contributed by atoms with Gasteiger partial charge in [-0.3, -0.25) is 0 Å². The number of rotatable bonds is 6. The molecule has 2 rings (SSSR count). The van der Waals surface area contributed by atoms with Gasteiger partial charge in [0, 0.05) is 21.6 Å². The van der Waals surface area contributed by atoms with Gasteiger partial charge in [-0.05, 0) is 42.7 Å². The van der Waals surface area contributed by atoms with Gasteiger partial charge in [0.2, 0.25) is 0 Å². The summed E-state index contributed by atoms with van der Waals surface area (Å²) < 4.78 is 0. The van der Waals surface area contributed by atoms with E-state index in [4.69, 9.17) is 5.11 Å². The van der Waals surface area contributed by atoms with Crippen molar-refractivity contribution < 1.29 is 9.90 Å². The summed E-state index contributed by atoms with van der Waals surface area (Å²) in [4.78, 5) is 12.8. The van der Waals surface area contributed by atoms with Crippen LogP contribution in [0.1, 0.15) is 35.4 Å². The lowest BCUT2D eigenvalue weighted by Crippen LogP contribution is -1.96. The van der Waals surface area contributed by atoms with Gasteiger partial charge in [0.05, 0.1) is 0 Å². The molecule has 1 aliphatic rings. The van der Waals surface area contributed by atoms with Crippen LogP contribution in [0.2, 0.25) is 0 Å². The first-order chi connectivity index (χ1) is 8.74. The van der Waals surface area contributed by atoms with E-state index >= 15 is 0 Å². The number of thioether (sulfide) groups is 1. The van der Waals surface area contributed by atoms with Gasteiger partial charge in [-0.1, -0.05) is 12.8 Å². The van der Waals surface area contributed by atoms with Gasteiger partial charge in [0.15, 0.2) is 0 Å². The smallest absolute Gasteiger partial charge is 0.328 e. The molecule has 1 aromatic rings. The zero-order valence-electron chi connectivity index (χ0n) is 10.3. The van der Waals surface area contributed by atoms with E-state index in [1.54, 1.807) is 17.4 Å². The summed E-state index contributed by atoms with van der Waals surface area (Å²) >= 11 is 3.70. The summed E-state index contributed by atoms with van der Waals surface area (Å²) in [6.07, 6.45) is 8.50. The second kappa shape index (κ2) is 7.00. The number of carboxylic acids is 1. The normalized spacial score (nSPS) is 16.7. The number of carboxylic acid groups (broad SMARTS) is 1. The van der Waals surface area contributed by atoms with Crippen molar-refractivity contribution in [2.75, 3.05) is 5.75 Å². The van der Waals surface area contributed by atoms with Gasteiger partial charge in [0.25, 0.3) is 0 Å². The number of carbonyl (C=O) groups is 1. The van der Waals surface area contributed by atoms with Gasteiger partial charge in [0.1, 0.15) is 0 Å². The van der Waals surface area contributed by atoms with Crippen molar-refractivity contribution in [1.82, 2.24) is 0 Å². The van der Waals surface area contributed by atoms with Crippen LogP contribution >= 0.6 is 23.1 Å². The second-order valence-corrected chi connectivity index (χ2v) is 6.87. The minimum atomic E-state index is -0.888. The lowest BCUT2D eigenvalue weighted by atomic mass is 10.1. The largest absolute Gasteiger partial charge is 0.478 e. The number of hydrogen-bond donors (Lipinski definition) is 1. The maximum atomic E-state index is 10.4. The minimum Gasteiger partial charge on any atom is -0.478 e. The summed E-state index contributed by atoms with van der Waals surface area (Å²) in [6, 6.07) is 4.10. The predicted octanol–water partition coefficient (Wildman–Crippen LogP) is 4.27. The average molecular weight is 282 g/mol. The predicted molar refractivity (Wildman–Crippen MR) is 79.1 cm³/mol. The van der Waals surface area contributed by atoms with Crippen molar-refractivity contribution in [3.63, 3.8) is 0 Å². The van der Waals surface area contributed by atoms with E-state index in [0.29, 0.717) is 0 Å². The van der Waals surface area contributed by atoms with E-state index in [1.807, 2.05) is 17.8 Å². The highest BCUT2D eigenvalue weighted by Gasteiger charge is 2.14. The van der Waals surface area contributed by atoms with Crippen molar-refractivity contribution in [3.05, 3.63) is 28.0 Å². The maximum Gasteiger partial charge on any atom is 0.328 e. The zero-order valence-corrected chi connectivity index (χ0v) is 11.9. The Labute approximate surface area is 116 Å². The fourth-order valence-electron chi connectivity index (χ4n) is 2.22. The lowest BCUT2D eigenvalue weighted by Gasteiger charge is -2.06. The Balaban J connectivity index is 1.74. The molecule has 1 fully saturated rings. The van der Waals surface area contributed by atoms with Crippen LogP contribution in [0.15, 0.2) is 18.2 Å². The van der Waals surface area contributed by atoms with Crippen LogP contribution in [-0.4, -0.2) is 16.8 Å². The van der Waals surface area contributed by atoms with E-state index < -0.39 is 5.97 Å². The molecule has 1 saturated carbocycles. The van der Waals surface area contributed by atoms with Crippen LogP contribution in [0, 0.1) is 5.92 Å². The van der Waals surface area contributed by atoms with Gasteiger partial charge < -0.3 is 5.11 Å². The third-order valence-electron chi connectivity index (χ3n) is 3.15. The summed E-state index contributed by atoms with van der Waals surface area (Å²) in [7, 11) is 0. The Morgan fingerprint density at radius 3 is 2.94 bits per heavy atom. The van der Waals surface area contributed by atoms with Crippen LogP contribution in [0.3, 0.4) is 0 Å². The van der Waals surface area contributed by atoms with Gasteiger partial charge in [-0.2, -0.15) is 11.8 Å².